The van der Waals surface area contributed by atoms with Gasteiger partial charge in [0, 0.05) is 18.1 Å². The van der Waals surface area contributed by atoms with Crippen molar-refractivity contribution in [3.05, 3.63) is 47.0 Å². The number of esters is 1. The second-order valence-corrected chi connectivity index (χ2v) is 5.40. The fourth-order valence-electron chi connectivity index (χ4n) is 2.83. The SMILES string of the molecule is COc1cc(OC)c2c(c1)[C@@H](Cc1ccc(O)c(OC)c1)OC2=O. The van der Waals surface area contributed by atoms with Crippen LogP contribution < -0.4 is 14.2 Å². The van der Waals surface area contributed by atoms with Crippen molar-refractivity contribution < 1.29 is 28.8 Å². The van der Waals surface area contributed by atoms with Crippen LogP contribution >= 0.6 is 0 Å². The number of fused-ring (bicyclic) bond motifs is 1. The summed E-state index contributed by atoms with van der Waals surface area (Å²) in [5, 5.41) is 9.69. The summed E-state index contributed by atoms with van der Waals surface area (Å²) >= 11 is 0. The van der Waals surface area contributed by atoms with Crippen LogP contribution in [-0.2, 0) is 11.2 Å². The Bertz CT molecular complexity index is 783. The highest BCUT2D eigenvalue weighted by molar-refractivity contribution is 5.97. The zero-order valence-electron chi connectivity index (χ0n) is 13.7. The molecule has 0 unspecified atom stereocenters. The van der Waals surface area contributed by atoms with Gasteiger partial charge in [-0.1, -0.05) is 6.07 Å². The molecule has 0 fully saturated rings. The van der Waals surface area contributed by atoms with Crippen molar-refractivity contribution in [1.29, 1.82) is 0 Å². The van der Waals surface area contributed by atoms with Gasteiger partial charge in [-0.15, -0.1) is 0 Å². The molecule has 1 atom stereocenters. The molecule has 0 saturated carbocycles. The highest BCUT2D eigenvalue weighted by atomic mass is 16.6. The second kappa shape index (κ2) is 6.31. The van der Waals surface area contributed by atoms with Crippen LogP contribution in [0.3, 0.4) is 0 Å². The maximum Gasteiger partial charge on any atom is 0.342 e. The molecular weight excluding hydrogens is 312 g/mol. The van der Waals surface area contributed by atoms with E-state index < -0.39 is 12.1 Å². The van der Waals surface area contributed by atoms with Crippen molar-refractivity contribution in [1.82, 2.24) is 0 Å². The van der Waals surface area contributed by atoms with Crippen LogP contribution in [-0.4, -0.2) is 32.4 Å². The number of hydrogen-bond acceptors (Lipinski definition) is 6. The van der Waals surface area contributed by atoms with Crippen LogP contribution in [0.4, 0.5) is 0 Å². The highest BCUT2D eigenvalue weighted by Crippen LogP contribution is 2.41. The number of carbonyl (C=O) groups excluding carboxylic acids is 1. The van der Waals surface area contributed by atoms with Gasteiger partial charge in [0.15, 0.2) is 11.5 Å². The Labute approximate surface area is 139 Å². The quantitative estimate of drug-likeness (QED) is 0.850. The fraction of sp³-hybridized carbons (Fsp3) is 0.278. The summed E-state index contributed by atoms with van der Waals surface area (Å²) in [5.74, 6) is 1.05. The molecule has 126 valence electrons. The molecule has 1 heterocycles. The Hall–Kier alpha value is -2.89. The molecule has 0 saturated heterocycles. The van der Waals surface area contributed by atoms with E-state index in [4.69, 9.17) is 18.9 Å². The molecular formula is C18H18O6. The van der Waals surface area contributed by atoms with Crippen LogP contribution in [0.5, 0.6) is 23.0 Å². The molecule has 6 nitrogen and oxygen atoms in total. The van der Waals surface area contributed by atoms with Crippen LogP contribution in [0.2, 0.25) is 0 Å². The highest BCUT2D eigenvalue weighted by Gasteiger charge is 2.35. The average Bonchev–Trinajstić information content (AvgIpc) is 2.91. The van der Waals surface area contributed by atoms with Gasteiger partial charge in [-0.25, -0.2) is 4.79 Å². The molecule has 3 rings (SSSR count). The van der Waals surface area contributed by atoms with Gasteiger partial charge >= 0.3 is 5.97 Å². The number of cyclic esters (lactones) is 1. The summed E-state index contributed by atoms with van der Waals surface area (Å²) in [6, 6.07) is 8.48. The maximum atomic E-state index is 12.2. The first-order valence-corrected chi connectivity index (χ1v) is 7.40. The number of ether oxygens (including phenoxy) is 4. The summed E-state index contributed by atoms with van der Waals surface area (Å²) in [6.07, 6.45) is -0.00291. The number of aromatic hydroxyl groups is 1. The molecule has 1 N–H and O–H groups in total. The number of phenols is 1. The molecule has 0 bridgehead atoms. The standard InChI is InChI=1S/C18H18O6/c1-21-11-8-12-14(24-18(20)17(12)16(9-11)23-3)6-10-4-5-13(19)15(7-10)22-2/h4-5,7-9,14,19H,6H2,1-3H3/t14-/m1/s1. The van der Waals surface area contributed by atoms with E-state index in [2.05, 4.69) is 0 Å². The lowest BCUT2D eigenvalue weighted by Gasteiger charge is -2.13. The first-order valence-electron chi connectivity index (χ1n) is 7.40. The Morgan fingerprint density at radius 1 is 1.04 bits per heavy atom. The lowest BCUT2D eigenvalue weighted by Crippen LogP contribution is -2.03. The molecule has 0 spiro atoms. The van der Waals surface area contributed by atoms with Gasteiger partial charge in [0.1, 0.15) is 23.2 Å². The minimum absolute atomic E-state index is 0.0633. The van der Waals surface area contributed by atoms with Gasteiger partial charge in [-0.2, -0.15) is 0 Å². The molecule has 0 aliphatic carbocycles. The minimum Gasteiger partial charge on any atom is -0.504 e. The van der Waals surface area contributed by atoms with Gasteiger partial charge in [0.2, 0.25) is 0 Å². The van der Waals surface area contributed by atoms with Crippen molar-refractivity contribution in [2.75, 3.05) is 21.3 Å². The first kappa shape index (κ1) is 16.0. The zero-order chi connectivity index (χ0) is 17.3. The summed E-state index contributed by atoms with van der Waals surface area (Å²) in [6.45, 7) is 0. The molecule has 1 aliphatic heterocycles. The van der Waals surface area contributed by atoms with E-state index in [1.807, 2.05) is 0 Å². The Kier molecular flexibility index (Phi) is 4.20. The van der Waals surface area contributed by atoms with Crippen molar-refractivity contribution in [2.24, 2.45) is 0 Å². The van der Waals surface area contributed by atoms with Crippen molar-refractivity contribution in [3.8, 4) is 23.0 Å². The number of benzene rings is 2. The number of hydrogen-bond donors (Lipinski definition) is 1. The van der Waals surface area contributed by atoms with E-state index in [0.29, 0.717) is 29.2 Å². The number of phenolic OH excluding ortho intramolecular Hbond substituents is 1. The lowest BCUT2D eigenvalue weighted by atomic mass is 9.98. The maximum absolute atomic E-state index is 12.2. The van der Waals surface area contributed by atoms with Gasteiger partial charge in [-0.3, -0.25) is 0 Å². The van der Waals surface area contributed by atoms with E-state index in [-0.39, 0.29) is 5.75 Å². The molecule has 0 amide bonds. The first-order chi connectivity index (χ1) is 11.6. The molecule has 0 radical (unpaired) electrons. The van der Waals surface area contributed by atoms with Gasteiger partial charge in [-0.05, 0) is 23.8 Å². The van der Waals surface area contributed by atoms with E-state index in [1.54, 1.807) is 37.4 Å². The number of methoxy groups -OCH3 is 3. The topological polar surface area (TPSA) is 74.2 Å². The number of rotatable bonds is 5. The normalized spacial score (nSPS) is 15.6. The van der Waals surface area contributed by atoms with Crippen molar-refractivity contribution in [2.45, 2.75) is 12.5 Å². The van der Waals surface area contributed by atoms with Crippen molar-refractivity contribution in [3.63, 3.8) is 0 Å². The third-order valence-electron chi connectivity index (χ3n) is 4.03. The van der Waals surface area contributed by atoms with Crippen molar-refractivity contribution >= 4 is 5.97 Å². The molecule has 2 aromatic carbocycles. The second-order valence-electron chi connectivity index (χ2n) is 5.40. The third kappa shape index (κ3) is 2.71. The molecule has 24 heavy (non-hydrogen) atoms. The Morgan fingerprint density at radius 3 is 2.46 bits per heavy atom. The van der Waals surface area contributed by atoms with Gasteiger partial charge in [0.05, 0.1) is 21.3 Å². The summed E-state index contributed by atoms with van der Waals surface area (Å²) in [7, 11) is 4.54. The zero-order valence-corrected chi connectivity index (χ0v) is 13.7. The predicted molar refractivity (Wildman–Crippen MR) is 86.1 cm³/mol. The van der Waals surface area contributed by atoms with Gasteiger partial charge in [0.25, 0.3) is 0 Å². The average molecular weight is 330 g/mol. The largest absolute Gasteiger partial charge is 0.504 e. The van der Waals surface area contributed by atoms with E-state index in [9.17, 15) is 9.90 Å². The summed E-state index contributed by atoms with van der Waals surface area (Å²) in [4.78, 5) is 12.2. The van der Waals surface area contributed by atoms with E-state index >= 15 is 0 Å². The molecule has 6 heteroatoms. The van der Waals surface area contributed by atoms with E-state index in [0.717, 1.165) is 11.1 Å². The van der Waals surface area contributed by atoms with Crippen LogP contribution in [0.25, 0.3) is 0 Å². The molecule has 2 aromatic rings. The van der Waals surface area contributed by atoms with E-state index in [1.165, 1.54) is 14.2 Å². The monoisotopic (exact) mass is 330 g/mol. The smallest absolute Gasteiger partial charge is 0.342 e. The number of carbonyl (C=O) groups is 1. The third-order valence-corrected chi connectivity index (χ3v) is 4.03. The van der Waals surface area contributed by atoms with Crippen LogP contribution in [0, 0.1) is 0 Å². The molecule has 1 aliphatic rings. The minimum atomic E-state index is -0.453. The lowest BCUT2D eigenvalue weighted by molar-refractivity contribution is 0.0385. The Morgan fingerprint density at radius 2 is 1.79 bits per heavy atom. The fourth-order valence-corrected chi connectivity index (χ4v) is 2.83. The Balaban J connectivity index is 1.97. The summed E-state index contributed by atoms with van der Waals surface area (Å²) < 4.78 is 21.2. The molecule has 0 aromatic heterocycles. The van der Waals surface area contributed by atoms with Crippen LogP contribution in [0.1, 0.15) is 27.6 Å². The van der Waals surface area contributed by atoms with Crippen LogP contribution in [0.15, 0.2) is 30.3 Å². The predicted octanol–water partition coefficient (Wildman–Crippen LogP) is 2.87. The summed E-state index contributed by atoms with van der Waals surface area (Å²) in [5.41, 5.74) is 2.02. The van der Waals surface area contributed by atoms with Gasteiger partial charge < -0.3 is 24.1 Å².